The molecule has 3 saturated carbocycles. The first-order valence-corrected chi connectivity index (χ1v) is 6.16. The molecule has 2 nitrogen and oxygen atoms in total. The van der Waals surface area contributed by atoms with Crippen LogP contribution in [0.2, 0.25) is 0 Å². The Kier molecular flexibility index (Phi) is 1.95. The topological polar surface area (TPSA) is 38.9 Å². The number of fused-ring (bicyclic) bond motifs is 1. The predicted octanol–water partition coefficient (Wildman–Crippen LogP) is 2.85. The van der Waals surface area contributed by atoms with Gasteiger partial charge in [0.15, 0.2) is 0 Å². The van der Waals surface area contributed by atoms with Gasteiger partial charge in [0.05, 0.1) is 10.2 Å². The number of rotatable bonds is 1. The normalized spacial score (nSPS) is 35.1. The van der Waals surface area contributed by atoms with Gasteiger partial charge in [-0.25, -0.2) is 4.98 Å². The molecule has 5 rings (SSSR count). The molecule has 84 valence electrons. The fourth-order valence-corrected chi connectivity index (χ4v) is 4.34. The molecule has 2 N–H and O–H groups in total. The number of aromatic nitrogens is 1. The highest BCUT2D eigenvalue weighted by molar-refractivity contribution is 7.18. The molecule has 0 saturated heterocycles. The second-order valence-electron chi connectivity index (χ2n) is 5.16. The van der Waals surface area contributed by atoms with Crippen LogP contribution in [-0.4, -0.2) is 10.5 Å². The summed E-state index contributed by atoms with van der Waals surface area (Å²) >= 11 is 1.85. The van der Waals surface area contributed by atoms with Crippen LogP contribution in [0.4, 0.5) is 0 Å². The summed E-state index contributed by atoms with van der Waals surface area (Å²) in [5.41, 5.74) is 7.78. The van der Waals surface area contributed by atoms with Gasteiger partial charge < -0.3 is 5.73 Å². The quantitative estimate of drug-likeness (QED) is 0.848. The Bertz CT molecular complexity index is 510. The summed E-state index contributed by atoms with van der Waals surface area (Å²) < 4.78 is 1.31. The molecule has 0 spiro atoms. The molecule has 3 aliphatic carbocycles. The van der Waals surface area contributed by atoms with E-state index in [0.29, 0.717) is 5.41 Å². The van der Waals surface area contributed by atoms with Gasteiger partial charge in [-0.3, -0.25) is 0 Å². The van der Waals surface area contributed by atoms with Crippen molar-refractivity contribution in [2.45, 2.75) is 30.2 Å². The zero-order chi connectivity index (χ0) is 10.1. The molecule has 3 aliphatic rings. The van der Waals surface area contributed by atoms with Gasteiger partial charge in [0.1, 0.15) is 5.01 Å². The number of nitrogens with zero attached hydrogens (tertiary/aromatic N) is 1. The molecule has 0 amide bonds. The molecule has 16 heavy (non-hydrogen) atoms. The van der Waals surface area contributed by atoms with Crippen molar-refractivity contribution in [2.75, 3.05) is 0 Å². The van der Waals surface area contributed by atoms with Crippen LogP contribution in [0.15, 0.2) is 24.3 Å². The van der Waals surface area contributed by atoms with Crippen LogP contribution in [0, 0.1) is 0 Å². The van der Waals surface area contributed by atoms with Gasteiger partial charge in [0.2, 0.25) is 0 Å². The molecular formula is C12H13ClN2S. The maximum atomic E-state index is 6.08. The van der Waals surface area contributed by atoms with E-state index >= 15 is 0 Å². The molecular weight excluding hydrogens is 240 g/mol. The van der Waals surface area contributed by atoms with Crippen molar-refractivity contribution >= 4 is 34.0 Å². The SMILES string of the molecule is Cl.NC12CC(c3nc4ccccc4s3)(C1)C2. The minimum absolute atomic E-state index is 0. The highest BCUT2D eigenvalue weighted by Crippen LogP contribution is 2.67. The highest BCUT2D eigenvalue weighted by atomic mass is 35.5. The van der Waals surface area contributed by atoms with Gasteiger partial charge in [-0.05, 0) is 31.4 Å². The largest absolute Gasteiger partial charge is 0.325 e. The number of halogens is 1. The van der Waals surface area contributed by atoms with Gasteiger partial charge in [0.25, 0.3) is 0 Å². The van der Waals surface area contributed by atoms with E-state index in [1.165, 1.54) is 9.71 Å². The smallest absolute Gasteiger partial charge is 0.100 e. The van der Waals surface area contributed by atoms with E-state index in [1.54, 1.807) is 0 Å². The van der Waals surface area contributed by atoms with E-state index in [1.807, 2.05) is 11.3 Å². The number of para-hydroxylation sites is 1. The summed E-state index contributed by atoms with van der Waals surface area (Å²) in [5, 5.41) is 1.32. The summed E-state index contributed by atoms with van der Waals surface area (Å²) in [6.45, 7) is 0. The van der Waals surface area contributed by atoms with Crippen LogP contribution < -0.4 is 5.73 Å². The minimum Gasteiger partial charge on any atom is -0.325 e. The van der Waals surface area contributed by atoms with Crippen LogP contribution in [0.3, 0.4) is 0 Å². The van der Waals surface area contributed by atoms with Gasteiger partial charge in [-0.15, -0.1) is 23.7 Å². The number of hydrogen-bond donors (Lipinski definition) is 1. The van der Waals surface area contributed by atoms with Crippen LogP contribution in [0.1, 0.15) is 24.3 Å². The molecule has 0 radical (unpaired) electrons. The number of benzene rings is 1. The predicted molar refractivity (Wildman–Crippen MR) is 69.3 cm³/mol. The Labute approximate surface area is 104 Å². The minimum atomic E-state index is 0. The maximum absolute atomic E-state index is 6.08. The van der Waals surface area contributed by atoms with Crippen molar-refractivity contribution in [1.82, 2.24) is 4.98 Å². The van der Waals surface area contributed by atoms with Gasteiger partial charge in [-0.1, -0.05) is 12.1 Å². The molecule has 0 unspecified atom stereocenters. The second kappa shape index (κ2) is 2.97. The third-order valence-electron chi connectivity index (χ3n) is 3.82. The van der Waals surface area contributed by atoms with E-state index in [-0.39, 0.29) is 17.9 Å². The summed E-state index contributed by atoms with van der Waals surface area (Å²) in [5.74, 6) is 0. The monoisotopic (exact) mass is 252 g/mol. The summed E-state index contributed by atoms with van der Waals surface area (Å²) in [4.78, 5) is 4.74. The Hall–Kier alpha value is -0.640. The molecule has 1 aromatic carbocycles. The molecule has 0 atom stereocenters. The lowest BCUT2D eigenvalue weighted by Gasteiger charge is -2.68. The third kappa shape index (κ3) is 1.14. The molecule has 1 heterocycles. The van der Waals surface area contributed by atoms with E-state index in [4.69, 9.17) is 10.7 Å². The molecule has 2 bridgehead atoms. The van der Waals surface area contributed by atoms with Crippen LogP contribution in [-0.2, 0) is 5.41 Å². The average molecular weight is 253 g/mol. The zero-order valence-corrected chi connectivity index (χ0v) is 10.4. The number of nitrogens with two attached hydrogens (primary N) is 1. The van der Waals surface area contributed by atoms with E-state index in [9.17, 15) is 0 Å². The molecule has 2 aromatic rings. The lowest BCUT2D eigenvalue weighted by Crippen LogP contribution is -2.74. The molecule has 3 fully saturated rings. The zero-order valence-electron chi connectivity index (χ0n) is 8.77. The van der Waals surface area contributed by atoms with Crippen molar-refractivity contribution < 1.29 is 0 Å². The van der Waals surface area contributed by atoms with Crippen molar-refractivity contribution in [2.24, 2.45) is 5.73 Å². The Balaban J connectivity index is 0.000000810. The first kappa shape index (κ1) is 10.5. The standard InChI is InChI=1S/C12H12N2S.ClH/c13-12-5-11(6-12,7-12)10-14-8-3-1-2-4-9(8)15-10;/h1-4H,5-7,13H2;1H. The fourth-order valence-electron chi connectivity index (χ4n) is 3.19. The van der Waals surface area contributed by atoms with Crippen molar-refractivity contribution in [3.63, 3.8) is 0 Å². The molecule has 1 aromatic heterocycles. The van der Waals surface area contributed by atoms with Crippen LogP contribution in [0.25, 0.3) is 10.2 Å². The summed E-state index contributed by atoms with van der Waals surface area (Å²) in [6.07, 6.45) is 3.46. The average Bonchev–Trinajstić information content (AvgIpc) is 2.54. The summed E-state index contributed by atoms with van der Waals surface area (Å²) in [6, 6.07) is 8.38. The Morgan fingerprint density at radius 3 is 2.50 bits per heavy atom. The fraction of sp³-hybridized carbons (Fsp3) is 0.417. The van der Waals surface area contributed by atoms with Crippen LogP contribution >= 0.6 is 23.7 Å². The van der Waals surface area contributed by atoms with Crippen LogP contribution in [0.5, 0.6) is 0 Å². The van der Waals surface area contributed by atoms with Crippen molar-refractivity contribution in [3.05, 3.63) is 29.3 Å². The maximum Gasteiger partial charge on any atom is 0.100 e. The lowest BCUT2D eigenvalue weighted by molar-refractivity contribution is -0.0589. The Morgan fingerprint density at radius 1 is 1.19 bits per heavy atom. The van der Waals surface area contributed by atoms with Gasteiger partial charge >= 0.3 is 0 Å². The number of hydrogen-bond acceptors (Lipinski definition) is 3. The lowest BCUT2D eigenvalue weighted by atomic mass is 9.40. The Morgan fingerprint density at radius 2 is 1.88 bits per heavy atom. The van der Waals surface area contributed by atoms with Gasteiger partial charge in [0, 0.05) is 11.0 Å². The first-order valence-electron chi connectivity index (χ1n) is 5.34. The van der Waals surface area contributed by atoms with Gasteiger partial charge in [-0.2, -0.15) is 0 Å². The van der Waals surface area contributed by atoms with Crippen molar-refractivity contribution in [3.8, 4) is 0 Å². The van der Waals surface area contributed by atoms with E-state index in [0.717, 1.165) is 24.8 Å². The molecule has 4 heteroatoms. The van der Waals surface area contributed by atoms with Crippen molar-refractivity contribution in [1.29, 1.82) is 0 Å². The summed E-state index contributed by atoms with van der Waals surface area (Å²) in [7, 11) is 0. The highest BCUT2D eigenvalue weighted by Gasteiger charge is 2.67. The molecule has 0 aliphatic heterocycles. The van der Waals surface area contributed by atoms with E-state index < -0.39 is 0 Å². The number of thiazole rings is 1. The second-order valence-corrected chi connectivity index (χ2v) is 6.19. The first-order chi connectivity index (χ1) is 7.19. The van der Waals surface area contributed by atoms with E-state index in [2.05, 4.69) is 24.3 Å². The third-order valence-corrected chi connectivity index (χ3v) is 5.10.